The van der Waals surface area contributed by atoms with Crippen LogP contribution in [0.25, 0.3) is 73.5 Å². The molecule has 2 unspecified atom stereocenters. The lowest BCUT2D eigenvalue weighted by molar-refractivity contribution is 0.745. The number of fused-ring (bicyclic) bond motifs is 6. The average Bonchev–Trinajstić information content (AvgIpc) is 3.27. The Kier molecular flexibility index (Phi) is 10.2. The molecule has 1 heteroatoms. The van der Waals surface area contributed by atoms with Crippen LogP contribution < -0.4 is 5.32 Å². The summed E-state index contributed by atoms with van der Waals surface area (Å²) < 4.78 is 0. The quantitative estimate of drug-likeness (QED) is 0.146. The first-order valence-electron chi connectivity index (χ1n) is 20.3. The smallest absolute Gasteiger partial charge is 0.0380 e. The lowest BCUT2D eigenvalue weighted by Crippen LogP contribution is -2.11. The molecule has 2 aliphatic rings. The van der Waals surface area contributed by atoms with Gasteiger partial charge in [0.05, 0.1) is 0 Å². The van der Waals surface area contributed by atoms with E-state index in [9.17, 15) is 0 Å². The van der Waals surface area contributed by atoms with E-state index < -0.39 is 0 Å². The van der Waals surface area contributed by atoms with E-state index in [0.29, 0.717) is 11.8 Å². The maximum Gasteiger partial charge on any atom is 0.0380 e. The summed E-state index contributed by atoms with van der Waals surface area (Å²) in [7, 11) is 0. The summed E-state index contributed by atoms with van der Waals surface area (Å²) in [6.45, 7) is 4.78. The van der Waals surface area contributed by atoms with E-state index in [1.54, 1.807) is 0 Å². The molecule has 0 heterocycles. The van der Waals surface area contributed by atoms with Crippen molar-refractivity contribution < 1.29 is 0 Å². The SMILES string of the molecule is CC1CC=Cc2c1c1c(c3cccc(-c4ccc(-c5ccc(N/C=C/C=C\C=C/c6ccc(-c7ccc(-c8ccccc8)cc7)cc6)cc5)cc4)c23)C(C)CC=C1. The van der Waals surface area contributed by atoms with Crippen molar-refractivity contribution >= 4 is 34.7 Å². The Morgan fingerprint density at radius 3 is 1.63 bits per heavy atom. The molecule has 276 valence electrons. The minimum Gasteiger partial charge on any atom is -0.362 e. The molecule has 2 atom stereocenters. The molecule has 1 nitrogen and oxygen atoms in total. The number of allylic oxidation sites excluding steroid dienone is 6. The van der Waals surface area contributed by atoms with E-state index >= 15 is 0 Å². The molecule has 2 aliphatic carbocycles. The molecule has 0 saturated heterocycles. The maximum atomic E-state index is 3.40. The van der Waals surface area contributed by atoms with Crippen LogP contribution in [0.5, 0.6) is 0 Å². The van der Waals surface area contributed by atoms with Gasteiger partial charge in [-0.1, -0.05) is 196 Å². The lowest BCUT2D eigenvalue weighted by atomic mass is 9.74. The summed E-state index contributed by atoms with van der Waals surface area (Å²) in [5, 5.41) is 6.22. The van der Waals surface area contributed by atoms with Crippen LogP contribution in [0.15, 0.2) is 188 Å². The number of anilines is 1. The summed E-state index contributed by atoms with van der Waals surface area (Å²) in [6, 6.07) is 52.7. The van der Waals surface area contributed by atoms with Gasteiger partial charge in [0, 0.05) is 11.9 Å². The van der Waals surface area contributed by atoms with Crippen LogP contribution in [-0.2, 0) is 0 Å². The van der Waals surface area contributed by atoms with Crippen molar-refractivity contribution in [1.29, 1.82) is 0 Å². The van der Waals surface area contributed by atoms with E-state index in [-0.39, 0.29) is 0 Å². The zero-order chi connectivity index (χ0) is 38.6. The second-order valence-electron chi connectivity index (χ2n) is 15.4. The Morgan fingerprint density at radius 1 is 0.456 bits per heavy atom. The molecule has 7 aromatic carbocycles. The summed E-state index contributed by atoms with van der Waals surface area (Å²) in [4.78, 5) is 0. The fourth-order valence-corrected chi connectivity index (χ4v) is 8.68. The molecule has 0 aliphatic heterocycles. The Hall–Kier alpha value is -6.70. The van der Waals surface area contributed by atoms with Crippen molar-refractivity contribution in [3.63, 3.8) is 0 Å². The van der Waals surface area contributed by atoms with Gasteiger partial charge in [0.25, 0.3) is 0 Å². The number of nitrogens with one attached hydrogen (secondary N) is 1. The molecule has 0 fully saturated rings. The van der Waals surface area contributed by atoms with Gasteiger partial charge in [0.2, 0.25) is 0 Å². The second kappa shape index (κ2) is 16.2. The summed E-state index contributed by atoms with van der Waals surface area (Å²) in [5.41, 5.74) is 18.1. The maximum absolute atomic E-state index is 3.40. The number of hydrogen-bond acceptors (Lipinski definition) is 1. The number of benzene rings is 7. The monoisotopic (exact) mass is 733 g/mol. The van der Waals surface area contributed by atoms with Crippen molar-refractivity contribution in [1.82, 2.24) is 0 Å². The highest BCUT2D eigenvalue weighted by atomic mass is 14.8. The van der Waals surface area contributed by atoms with Crippen LogP contribution in [0.2, 0.25) is 0 Å². The summed E-state index contributed by atoms with van der Waals surface area (Å²) in [6.07, 6.45) is 24.0. The van der Waals surface area contributed by atoms with Crippen molar-refractivity contribution in [2.24, 2.45) is 0 Å². The third-order valence-electron chi connectivity index (χ3n) is 11.6. The first-order valence-corrected chi connectivity index (χ1v) is 20.3. The molecule has 0 bridgehead atoms. The molecule has 57 heavy (non-hydrogen) atoms. The van der Waals surface area contributed by atoms with Gasteiger partial charge in [-0.3, -0.25) is 0 Å². The van der Waals surface area contributed by atoms with Crippen LogP contribution in [0, 0.1) is 0 Å². The zero-order valence-corrected chi connectivity index (χ0v) is 32.7. The number of hydrogen-bond donors (Lipinski definition) is 1. The summed E-state index contributed by atoms with van der Waals surface area (Å²) in [5.74, 6) is 1.04. The van der Waals surface area contributed by atoms with Crippen molar-refractivity contribution in [2.75, 3.05) is 5.32 Å². The zero-order valence-electron chi connectivity index (χ0n) is 32.7. The van der Waals surface area contributed by atoms with E-state index in [1.165, 1.54) is 83.1 Å². The van der Waals surface area contributed by atoms with Crippen LogP contribution in [0.4, 0.5) is 5.69 Å². The summed E-state index contributed by atoms with van der Waals surface area (Å²) >= 11 is 0. The molecule has 0 amide bonds. The fourth-order valence-electron chi connectivity index (χ4n) is 8.68. The standard InChI is InChI=1S/C56H47N/c1-39-13-10-19-51-54-40(2)14-11-20-52(54)56-50(18-12-21-53(56)55(39)51)48-32-30-46(31-33-48)47-34-36-49(37-35-47)57-38-9-4-3-6-15-41-22-24-43(25-23-41)45-28-26-44(27-29-45)42-16-7-5-8-17-42/h3-12,15-40,57H,13-14H2,1-2H3/b4-3-,15-6-,38-9+. The van der Waals surface area contributed by atoms with Gasteiger partial charge in [0.15, 0.2) is 0 Å². The predicted octanol–water partition coefficient (Wildman–Crippen LogP) is 15.7. The van der Waals surface area contributed by atoms with E-state index in [0.717, 1.165) is 18.5 Å². The second-order valence-corrected chi connectivity index (χ2v) is 15.4. The Balaban J connectivity index is 0.822. The molecular formula is C56H47N. The highest BCUT2D eigenvalue weighted by Crippen LogP contribution is 2.47. The van der Waals surface area contributed by atoms with Crippen molar-refractivity contribution in [3.05, 3.63) is 216 Å². The van der Waals surface area contributed by atoms with E-state index in [1.807, 2.05) is 18.4 Å². The minimum atomic E-state index is 0.520. The van der Waals surface area contributed by atoms with Gasteiger partial charge < -0.3 is 5.32 Å². The highest BCUT2D eigenvalue weighted by molar-refractivity contribution is 6.07. The van der Waals surface area contributed by atoms with Gasteiger partial charge in [-0.2, -0.15) is 0 Å². The minimum absolute atomic E-state index is 0.520. The van der Waals surface area contributed by atoms with Gasteiger partial charge in [-0.15, -0.1) is 0 Å². The molecule has 0 radical (unpaired) electrons. The molecule has 1 N–H and O–H groups in total. The molecule has 0 saturated carbocycles. The molecule has 0 aromatic heterocycles. The van der Waals surface area contributed by atoms with Crippen LogP contribution in [0.1, 0.15) is 66.3 Å². The topological polar surface area (TPSA) is 12.0 Å². The van der Waals surface area contributed by atoms with Crippen LogP contribution >= 0.6 is 0 Å². The Morgan fingerprint density at radius 2 is 0.982 bits per heavy atom. The third kappa shape index (κ3) is 7.50. The van der Waals surface area contributed by atoms with Gasteiger partial charge in [-0.25, -0.2) is 0 Å². The predicted molar refractivity (Wildman–Crippen MR) is 247 cm³/mol. The molecule has 7 aromatic rings. The normalized spacial score (nSPS) is 16.1. The largest absolute Gasteiger partial charge is 0.362 e. The van der Waals surface area contributed by atoms with E-state index in [4.69, 9.17) is 0 Å². The Labute approximate surface area is 337 Å². The van der Waals surface area contributed by atoms with Gasteiger partial charge in [0.1, 0.15) is 0 Å². The van der Waals surface area contributed by atoms with E-state index in [2.05, 4.69) is 207 Å². The highest BCUT2D eigenvalue weighted by Gasteiger charge is 2.27. The lowest BCUT2D eigenvalue weighted by Gasteiger charge is -2.30. The number of rotatable bonds is 9. The fraction of sp³-hybridized carbons (Fsp3) is 0.107. The average molecular weight is 734 g/mol. The van der Waals surface area contributed by atoms with Crippen molar-refractivity contribution in [3.8, 4) is 44.5 Å². The van der Waals surface area contributed by atoms with Crippen molar-refractivity contribution in [2.45, 2.75) is 38.5 Å². The Bertz CT molecular complexity index is 2670. The van der Waals surface area contributed by atoms with Crippen LogP contribution in [-0.4, -0.2) is 0 Å². The van der Waals surface area contributed by atoms with Gasteiger partial charge >= 0.3 is 0 Å². The first kappa shape index (κ1) is 36.0. The first-order chi connectivity index (χ1) is 28.1. The molecular weight excluding hydrogens is 687 g/mol. The van der Waals surface area contributed by atoms with Crippen LogP contribution in [0.3, 0.4) is 0 Å². The molecule has 9 rings (SSSR count). The third-order valence-corrected chi connectivity index (χ3v) is 11.6. The molecule has 0 spiro atoms. The van der Waals surface area contributed by atoms with Gasteiger partial charge in [-0.05, 0) is 126 Å².